The molecule has 4 rings (SSSR count). The fraction of sp³-hybridized carbons (Fsp3) is 0.812. The molecule has 23 nitrogen and oxygen atoms in total. The first kappa shape index (κ1) is 80.4. The van der Waals surface area contributed by atoms with Crippen molar-refractivity contribution in [2.24, 2.45) is 35.5 Å². The maximum atomic E-state index is 14.8. The molecule has 3 unspecified atom stereocenters. The van der Waals surface area contributed by atoms with Crippen LogP contribution < -0.4 is 5.32 Å². The highest BCUT2D eigenvalue weighted by atomic mass is 16.6. The minimum atomic E-state index is -2.44. The van der Waals surface area contributed by atoms with Gasteiger partial charge in [0.05, 0.1) is 110 Å². The summed E-state index contributed by atoms with van der Waals surface area (Å²) >= 11 is 0. The molecular weight excluding hydrogens is 1190 g/mol. The number of aliphatic hydroxyl groups is 2. The molecule has 0 spiro atoms. The monoisotopic (exact) mass is 1310 g/mol. The van der Waals surface area contributed by atoms with Crippen LogP contribution in [0.1, 0.15) is 132 Å². The van der Waals surface area contributed by atoms with Crippen LogP contribution in [-0.4, -0.2) is 239 Å². The maximum Gasteiger partial charge on any atom is 0.407 e. The van der Waals surface area contributed by atoms with Crippen LogP contribution in [0.5, 0.6) is 0 Å². The first-order chi connectivity index (χ1) is 44.2. The topological polar surface area (TPSA) is 270 Å². The molecule has 0 aromatic carbocycles. The number of carbonyl (C=O) groups is 5. The second-order valence-corrected chi connectivity index (χ2v) is 25.2. The lowest BCUT2D eigenvalue weighted by atomic mass is 9.78. The number of hydrogen-bond acceptors (Lipinski definition) is 21. The number of fused-ring (bicyclic) bond motifs is 3. The summed E-state index contributed by atoms with van der Waals surface area (Å²) < 4.78 is 80.8. The van der Waals surface area contributed by atoms with Crippen LogP contribution in [0, 0.1) is 35.5 Å². The Hall–Kier alpha value is -4.05. The van der Waals surface area contributed by atoms with Crippen LogP contribution in [0.4, 0.5) is 4.79 Å². The van der Waals surface area contributed by atoms with Gasteiger partial charge in [0.15, 0.2) is 5.78 Å². The quantitative estimate of drug-likeness (QED) is 0.0272. The Balaban J connectivity index is 1.40. The molecule has 16 atom stereocenters. The highest BCUT2D eigenvalue weighted by Gasteiger charge is 2.53. The van der Waals surface area contributed by atoms with E-state index in [-0.39, 0.29) is 62.0 Å². The zero-order valence-corrected chi connectivity index (χ0v) is 57.5. The molecule has 2 bridgehead atoms. The number of piperidine rings is 1. The number of nitrogens with one attached hydrogen (secondary N) is 1. The molecule has 1 saturated carbocycles. The molecule has 528 valence electrons. The van der Waals surface area contributed by atoms with Gasteiger partial charge in [-0.25, -0.2) is 9.59 Å². The number of ketones is 2. The first-order valence-electron chi connectivity index (χ1n) is 33.7. The summed E-state index contributed by atoms with van der Waals surface area (Å²) in [6, 6.07) is -1.13. The highest BCUT2D eigenvalue weighted by Crippen LogP contribution is 2.38. The van der Waals surface area contributed by atoms with Crippen LogP contribution in [0.2, 0.25) is 0 Å². The number of carbonyl (C=O) groups excluding carboxylic acids is 5. The molecule has 23 heteroatoms. The summed E-state index contributed by atoms with van der Waals surface area (Å²) in [7, 11) is 6.16. The van der Waals surface area contributed by atoms with Crippen molar-refractivity contribution in [3.8, 4) is 0 Å². The average molecular weight is 1310 g/mol. The Morgan fingerprint density at radius 1 is 0.685 bits per heavy atom. The van der Waals surface area contributed by atoms with E-state index in [0.717, 1.165) is 5.57 Å². The summed E-state index contributed by atoms with van der Waals surface area (Å²) in [6.45, 7) is 21.9. The zero-order valence-electron chi connectivity index (χ0n) is 57.5. The Bertz CT molecular complexity index is 2270. The Morgan fingerprint density at radius 3 is 1.88 bits per heavy atom. The minimum Gasteiger partial charge on any atom is -0.460 e. The number of aliphatic hydroxyl groups excluding tert-OH is 1. The number of allylic oxidation sites excluding steroid dienone is 5. The van der Waals surface area contributed by atoms with Crippen molar-refractivity contribution in [1.82, 2.24) is 10.2 Å². The first-order valence-corrected chi connectivity index (χ1v) is 33.7. The van der Waals surface area contributed by atoms with Crippen molar-refractivity contribution in [2.75, 3.05) is 134 Å². The van der Waals surface area contributed by atoms with Gasteiger partial charge in [0, 0.05) is 78.7 Å². The average Bonchev–Trinajstić information content (AvgIpc) is 0.793. The van der Waals surface area contributed by atoms with E-state index in [0.29, 0.717) is 156 Å². The fourth-order valence-corrected chi connectivity index (χ4v) is 12.5. The van der Waals surface area contributed by atoms with E-state index >= 15 is 0 Å². The Morgan fingerprint density at radius 2 is 1.29 bits per heavy atom. The van der Waals surface area contributed by atoms with Crippen LogP contribution in [0.3, 0.4) is 0 Å². The minimum absolute atomic E-state index is 0.0190. The van der Waals surface area contributed by atoms with Gasteiger partial charge in [0.2, 0.25) is 5.79 Å². The lowest BCUT2D eigenvalue weighted by Crippen LogP contribution is -2.61. The predicted molar refractivity (Wildman–Crippen MR) is 345 cm³/mol. The third-order valence-electron chi connectivity index (χ3n) is 18.1. The van der Waals surface area contributed by atoms with Gasteiger partial charge in [0.25, 0.3) is 11.7 Å². The molecular formula is C69H116N2O21. The van der Waals surface area contributed by atoms with E-state index in [1.54, 1.807) is 35.2 Å². The van der Waals surface area contributed by atoms with Gasteiger partial charge in [-0.3, -0.25) is 14.4 Å². The lowest BCUT2D eigenvalue weighted by molar-refractivity contribution is -0.265. The molecule has 2 amide bonds. The van der Waals surface area contributed by atoms with E-state index < -0.39 is 96.2 Å². The van der Waals surface area contributed by atoms with Crippen LogP contribution in [0.15, 0.2) is 47.6 Å². The van der Waals surface area contributed by atoms with E-state index in [1.807, 2.05) is 78.0 Å². The largest absolute Gasteiger partial charge is 0.460 e. The van der Waals surface area contributed by atoms with Gasteiger partial charge in [-0.15, -0.1) is 0 Å². The number of nitrogens with zero attached hydrogens (tertiary/aromatic N) is 1. The fourth-order valence-electron chi connectivity index (χ4n) is 12.5. The number of amides is 2. The highest BCUT2D eigenvalue weighted by molar-refractivity contribution is 6.39. The SMILES string of the molecule is CCOCCOCCOCCOCCOCCOCCOCCNC(=O)O[C@@H]1CC[C@@H](C[C@@H](C)[C@@H]2C[C@@H](OC)C(C)/C=C(\C)[C@@H](O)[C@@H](OC)C(=O)C(C)CC(C)/C=C/C=C/C=C(\C)[C@@H](OC)C[C@@H]3CC[C@@H](C)[C@@](O)(O3)C(=O)C(=O)N3CCCC[C@H]3C(=O)O2)C[C@H]1OC. The van der Waals surface area contributed by atoms with Crippen LogP contribution in [0.25, 0.3) is 0 Å². The molecule has 0 radical (unpaired) electrons. The normalized spacial score (nSPS) is 32.7. The van der Waals surface area contributed by atoms with E-state index in [4.69, 9.17) is 66.3 Å². The van der Waals surface area contributed by atoms with E-state index in [1.165, 1.54) is 12.0 Å². The zero-order chi connectivity index (χ0) is 67.4. The molecule has 3 N–H and O–H groups in total. The number of esters is 1. The van der Waals surface area contributed by atoms with E-state index in [9.17, 15) is 34.2 Å². The number of methoxy groups -OCH3 is 4. The summed E-state index contributed by atoms with van der Waals surface area (Å²) in [4.78, 5) is 72.1. The van der Waals surface area contributed by atoms with Crippen molar-refractivity contribution < 1.29 is 101 Å². The molecule has 92 heavy (non-hydrogen) atoms. The number of ether oxygens (including phenoxy) is 14. The lowest BCUT2D eigenvalue weighted by Gasteiger charge is -2.43. The molecule has 0 aromatic rings. The third-order valence-corrected chi connectivity index (χ3v) is 18.1. The molecule has 2 saturated heterocycles. The number of hydrogen-bond donors (Lipinski definition) is 3. The van der Waals surface area contributed by atoms with E-state index in [2.05, 4.69) is 5.32 Å². The summed E-state index contributed by atoms with van der Waals surface area (Å²) in [6.07, 6.45) is 10.8. The Kier molecular flexibility index (Phi) is 39.0. The Labute approximate surface area is 548 Å². The van der Waals surface area contributed by atoms with Gasteiger partial charge in [-0.1, -0.05) is 71.1 Å². The number of rotatable bonds is 30. The number of Topliss-reactive ketones (excluding diaryl/α,β-unsaturated/α-hetero) is 2. The number of cyclic esters (lactones) is 1. The maximum absolute atomic E-state index is 14.8. The van der Waals surface area contributed by atoms with Crippen molar-refractivity contribution in [2.45, 2.75) is 193 Å². The van der Waals surface area contributed by atoms with Crippen molar-refractivity contribution in [3.63, 3.8) is 0 Å². The summed E-state index contributed by atoms with van der Waals surface area (Å²) in [5.41, 5.74) is 1.39. The number of alkyl carbamates (subject to hydrolysis) is 1. The van der Waals surface area contributed by atoms with Crippen molar-refractivity contribution >= 4 is 29.5 Å². The predicted octanol–water partition coefficient (Wildman–Crippen LogP) is 7.50. The molecule has 4 aliphatic rings. The van der Waals surface area contributed by atoms with Crippen LogP contribution in [-0.2, 0) is 85.5 Å². The standard InChI is InChI=1S/C69H116N2O21/c1-13-83-29-30-85-33-34-87-37-38-89-40-39-88-36-35-86-32-31-84-28-26-70-68(77)91-57-25-23-54(44-61(57)81-11)43-50(5)60-46-59(80-10)49(4)42-52(7)63(73)64(82-12)62(72)51(6)41-47(2)19-15-14-16-20-48(3)58(79-9)45-55-24-22-53(8)69(78,92-55)65(74)66(75)71-27-18-17-21-56(71)67(76)90-60/h14-16,19-20,42,47,49-51,53-61,63-64,73,78H,13,17-18,21-41,43-46H2,1-12H3,(H,70,77)/b16-14+,19-15+,48-20+,52-42+/t47?,49?,50-,51?,53-,54+,55+,56+,57-,58+,59-,60+,61-,63-,64+,69-/m1/s1. The molecule has 3 heterocycles. The van der Waals surface area contributed by atoms with Gasteiger partial charge in [-0.2, -0.15) is 0 Å². The smallest absolute Gasteiger partial charge is 0.407 e. The van der Waals surface area contributed by atoms with Gasteiger partial charge >= 0.3 is 12.1 Å². The summed E-state index contributed by atoms with van der Waals surface area (Å²) in [5, 5.41) is 26.6. The molecule has 3 aliphatic heterocycles. The molecule has 0 aromatic heterocycles. The third kappa shape index (κ3) is 27.6. The van der Waals surface area contributed by atoms with Gasteiger partial charge < -0.3 is 86.7 Å². The second-order valence-electron chi connectivity index (χ2n) is 25.2. The second kappa shape index (κ2) is 44.6. The van der Waals surface area contributed by atoms with Gasteiger partial charge in [0.1, 0.15) is 30.5 Å². The summed E-state index contributed by atoms with van der Waals surface area (Å²) in [5.74, 6) is -7.21. The van der Waals surface area contributed by atoms with Crippen molar-refractivity contribution in [1.29, 1.82) is 0 Å². The van der Waals surface area contributed by atoms with Gasteiger partial charge in [-0.05, 0) is 114 Å². The molecule has 1 aliphatic carbocycles. The van der Waals surface area contributed by atoms with Crippen molar-refractivity contribution in [3.05, 3.63) is 47.6 Å². The van der Waals surface area contributed by atoms with Crippen LogP contribution >= 0.6 is 0 Å². The molecule has 3 fully saturated rings.